The molecule has 2 rings (SSSR count). The lowest BCUT2D eigenvalue weighted by atomic mass is 9.86. The molecule has 0 radical (unpaired) electrons. The lowest BCUT2D eigenvalue weighted by molar-refractivity contribution is -0.142. The van der Waals surface area contributed by atoms with Crippen molar-refractivity contribution in [2.75, 3.05) is 7.05 Å². The fourth-order valence-electron chi connectivity index (χ4n) is 2.80. The molecule has 0 bridgehead atoms. The summed E-state index contributed by atoms with van der Waals surface area (Å²) in [5.41, 5.74) is 0. The summed E-state index contributed by atoms with van der Waals surface area (Å²) >= 11 is 0. The summed E-state index contributed by atoms with van der Waals surface area (Å²) in [6.07, 6.45) is 3.74. The quantitative estimate of drug-likeness (QED) is 0.707. The number of hydrogen-bond acceptors (Lipinski definition) is 3. The second kappa shape index (κ2) is 5.77. The molecule has 0 aromatic heterocycles. The molecular weight excluding hydrogens is 248 g/mol. The van der Waals surface area contributed by atoms with Crippen molar-refractivity contribution in [2.24, 2.45) is 5.92 Å². The van der Waals surface area contributed by atoms with E-state index in [4.69, 9.17) is 5.11 Å². The Balaban J connectivity index is 1.73. The van der Waals surface area contributed by atoms with Crippen molar-refractivity contribution in [3.8, 4) is 0 Å². The number of amides is 2. The first-order valence-electron chi connectivity index (χ1n) is 6.91. The monoisotopic (exact) mass is 270 g/mol. The molecule has 0 unspecified atom stereocenters. The van der Waals surface area contributed by atoms with Crippen LogP contribution < -0.4 is 5.32 Å². The number of carboxylic acid groups (broad SMARTS) is 1. The van der Waals surface area contributed by atoms with Crippen LogP contribution in [-0.2, 0) is 4.79 Å². The maximum absolute atomic E-state index is 12.0. The first kappa shape index (κ1) is 14.1. The van der Waals surface area contributed by atoms with Gasteiger partial charge in [-0.1, -0.05) is 0 Å². The van der Waals surface area contributed by atoms with Crippen molar-refractivity contribution in [2.45, 2.75) is 56.7 Å². The average Bonchev–Trinajstić information content (AvgIpc) is 2.34. The van der Waals surface area contributed by atoms with Crippen molar-refractivity contribution >= 4 is 12.0 Å². The molecule has 0 atom stereocenters. The van der Waals surface area contributed by atoms with E-state index >= 15 is 0 Å². The SMILES string of the molecule is CN(C(=O)NC1CCC(C(=O)O)CC1)C1CC(O)C1. The van der Waals surface area contributed by atoms with Gasteiger partial charge in [-0.2, -0.15) is 0 Å². The third kappa shape index (κ3) is 3.37. The molecule has 108 valence electrons. The smallest absolute Gasteiger partial charge is 0.317 e. The van der Waals surface area contributed by atoms with Gasteiger partial charge < -0.3 is 20.4 Å². The summed E-state index contributed by atoms with van der Waals surface area (Å²) in [6.45, 7) is 0. The molecule has 0 aromatic rings. The Morgan fingerprint density at radius 2 is 1.74 bits per heavy atom. The maximum Gasteiger partial charge on any atom is 0.317 e. The first-order chi connectivity index (χ1) is 8.97. The summed E-state index contributed by atoms with van der Waals surface area (Å²) in [5, 5.41) is 21.1. The Labute approximate surface area is 112 Å². The van der Waals surface area contributed by atoms with Crippen LogP contribution in [0.25, 0.3) is 0 Å². The maximum atomic E-state index is 12.0. The number of nitrogens with one attached hydrogen (secondary N) is 1. The van der Waals surface area contributed by atoms with Crippen molar-refractivity contribution < 1.29 is 19.8 Å². The predicted molar refractivity (Wildman–Crippen MR) is 68.7 cm³/mol. The van der Waals surface area contributed by atoms with E-state index in [1.165, 1.54) is 0 Å². The molecule has 2 aliphatic carbocycles. The van der Waals surface area contributed by atoms with Crippen LogP contribution in [0.1, 0.15) is 38.5 Å². The third-order valence-corrected chi connectivity index (χ3v) is 4.36. The molecule has 19 heavy (non-hydrogen) atoms. The van der Waals surface area contributed by atoms with Gasteiger partial charge in [0.15, 0.2) is 0 Å². The lowest BCUT2D eigenvalue weighted by Gasteiger charge is -2.39. The molecule has 0 saturated heterocycles. The van der Waals surface area contributed by atoms with E-state index in [-0.39, 0.29) is 30.1 Å². The van der Waals surface area contributed by atoms with E-state index in [2.05, 4.69) is 5.32 Å². The Morgan fingerprint density at radius 1 is 1.16 bits per heavy atom. The third-order valence-electron chi connectivity index (χ3n) is 4.36. The summed E-state index contributed by atoms with van der Waals surface area (Å²) in [4.78, 5) is 24.5. The second-order valence-electron chi connectivity index (χ2n) is 5.73. The Kier molecular flexibility index (Phi) is 4.29. The second-order valence-corrected chi connectivity index (χ2v) is 5.73. The molecule has 0 spiro atoms. The summed E-state index contributed by atoms with van der Waals surface area (Å²) in [5.74, 6) is -0.988. The van der Waals surface area contributed by atoms with Gasteiger partial charge in [0.2, 0.25) is 0 Å². The van der Waals surface area contributed by atoms with E-state index in [1.54, 1.807) is 11.9 Å². The number of carboxylic acids is 1. The number of urea groups is 1. The lowest BCUT2D eigenvalue weighted by Crippen LogP contribution is -2.53. The van der Waals surface area contributed by atoms with Crippen molar-refractivity contribution in [3.05, 3.63) is 0 Å². The van der Waals surface area contributed by atoms with Crippen LogP contribution in [0.15, 0.2) is 0 Å². The van der Waals surface area contributed by atoms with E-state index in [0.29, 0.717) is 25.7 Å². The Morgan fingerprint density at radius 3 is 2.21 bits per heavy atom. The van der Waals surface area contributed by atoms with Gasteiger partial charge in [0.25, 0.3) is 0 Å². The minimum atomic E-state index is -0.731. The van der Waals surface area contributed by atoms with E-state index < -0.39 is 5.97 Å². The number of rotatable bonds is 3. The zero-order valence-electron chi connectivity index (χ0n) is 11.2. The average molecular weight is 270 g/mol. The fraction of sp³-hybridized carbons (Fsp3) is 0.846. The minimum Gasteiger partial charge on any atom is -0.481 e. The normalized spacial score (nSPS) is 34.2. The number of carbonyl (C=O) groups excluding carboxylic acids is 1. The molecule has 2 fully saturated rings. The van der Waals surface area contributed by atoms with Crippen LogP contribution in [0, 0.1) is 5.92 Å². The van der Waals surface area contributed by atoms with E-state index in [1.807, 2.05) is 0 Å². The minimum absolute atomic E-state index is 0.0792. The van der Waals surface area contributed by atoms with Gasteiger partial charge in [-0.15, -0.1) is 0 Å². The van der Waals surface area contributed by atoms with E-state index in [0.717, 1.165) is 12.8 Å². The summed E-state index contributed by atoms with van der Waals surface area (Å²) < 4.78 is 0. The van der Waals surface area contributed by atoms with Gasteiger partial charge in [-0.25, -0.2) is 4.79 Å². The number of nitrogens with zero attached hydrogens (tertiary/aromatic N) is 1. The fourth-order valence-corrected chi connectivity index (χ4v) is 2.80. The van der Waals surface area contributed by atoms with Gasteiger partial charge in [0, 0.05) is 19.1 Å². The molecule has 3 N–H and O–H groups in total. The van der Waals surface area contributed by atoms with Crippen LogP contribution in [0.5, 0.6) is 0 Å². The van der Waals surface area contributed by atoms with Crippen LogP contribution in [0.4, 0.5) is 4.79 Å². The summed E-state index contributed by atoms with van der Waals surface area (Å²) in [6, 6.07) is 0.0941. The standard InChI is InChI=1S/C13H22N2O4/c1-15(10-6-11(16)7-10)13(19)14-9-4-2-8(3-5-9)12(17)18/h8-11,16H,2-7H2,1H3,(H,14,19)(H,17,18). The highest BCUT2D eigenvalue weighted by Gasteiger charge is 2.34. The molecule has 6 heteroatoms. The molecule has 2 saturated carbocycles. The first-order valence-corrected chi connectivity index (χ1v) is 6.91. The van der Waals surface area contributed by atoms with Crippen LogP contribution in [0.3, 0.4) is 0 Å². The molecule has 6 nitrogen and oxygen atoms in total. The largest absolute Gasteiger partial charge is 0.481 e. The van der Waals surface area contributed by atoms with E-state index in [9.17, 15) is 14.7 Å². The number of aliphatic hydroxyl groups excluding tert-OH is 1. The molecule has 2 aliphatic rings. The van der Waals surface area contributed by atoms with Gasteiger partial charge in [0.1, 0.15) is 0 Å². The van der Waals surface area contributed by atoms with Crippen molar-refractivity contribution in [1.29, 1.82) is 0 Å². The topological polar surface area (TPSA) is 89.9 Å². The van der Waals surface area contributed by atoms with Gasteiger partial charge in [0.05, 0.1) is 12.0 Å². The van der Waals surface area contributed by atoms with Crippen molar-refractivity contribution in [3.63, 3.8) is 0 Å². The van der Waals surface area contributed by atoms with Gasteiger partial charge >= 0.3 is 12.0 Å². The highest BCUT2D eigenvalue weighted by Crippen LogP contribution is 2.26. The van der Waals surface area contributed by atoms with Crippen molar-refractivity contribution in [1.82, 2.24) is 10.2 Å². The predicted octanol–water partition coefficient (Wildman–Crippen LogP) is 0.794. The summed E-state index contributed by atoms with van der Waals surface area (Å²) in [7, 11) is 1.74. The highest BCUT2D eigenvalue weighted by molar-refractivity contribution is 5.75. The number of aliphatic hydroxyl groups is 1. The van der Waals surface area contributed by atoms with Gasteiger partial charge in [-0.05, 0) is 38.5 Å². The molecule has 0 aliphatic heterocycles. The molecule has 0 aromatic carbocycles. The molecular formula is C13H22N2O4. The molecule has 0 heterocycles. The Bertz CT molecular complexity index is 347. The zero-order chi connectivity index (χ0) is 14.0. The number of aliphatic carboxylic acids is 1. The molecule has 2 amide bonds. The Hall–Kier alpha value is -1.30. The number of carbonyl (C=O) groups is 2. The zero-order valence-corrected chi connectivity index (χ0v) is 11.2. The van der Waals surface area contributed by atoms with Gasteiger partial charge in [-0.3, -0.25) is 4.79 Å². The van der Waals surface area contributed by atoms with Crippen LogP contribution in [0.2, 0.25) is 0 Å². The van der Waals surface area contributed by atoms with Crippen LogP contribution >= 0.6 is 0 Å². The highest BCUT2D eigenvalue weighted by atomic mass is 16.4. The van der Waals surface area contributed by atoms with Crippen LogP contribution in [-0.4, -0.2) is 52.3 Å². The number of hydrogen-bond donors (Lipinski definition) is 3.